The molecule has 0 atom stereocenters. The first-order valence-corrected chi connectivity index (χ1v) is 5.99. The number of carbonyl (C=O) groups is 1. The van der Waals surface area contributed by atoms with Crippen LogP contribution in [0.5, 0.6) is 5.75 Å². The molecule has 2 aromatic rings. The van der Waals surface area contributed by atoms with Gasteiger partial charge in [-0.2, -0.15) is 0 Å². The van der Waals surface area contributed by atoms with Crippen LogP contribution in [-0.4, -0.2) is 18.1 Å². The first-order valence-electron chi connectivity index (χ1n) is 5.99. The molecule has 0 aliphatic heterocycles. The maximum atomic E-state index is 13.8. The van der Waals surface area contributed by atoms with Crippen molar-refractivity contribution in [1.82, 2.24) is 0 Å². The maximum absolute atomic E-state index is 13.8. The van der Waals surface area contributed by atoms with Crippen molar-refractivity contribution >= 4 is 11.6 Å². The molecule has 2 rings (SSSR count). The van der Waals surface area contributed by atoms with E-state index in [1.165, 1.54) is 19.2 Å². The quantitative estimate of drug-likeness (QED) is 0.901. The molecule has 2 aromatic carbocycles. The number of methoxy groups -OCH3 is 1. The number of halogens is 1. The van der Waals surface area contributed by atoms with Crippen molar-refractivity contribution in [3.8, 4) is 5.75 Å². The number of aliphatic hydroxyl groups excluding tert-OH is 1. The number of benzene rings is 2. The molecule has 2 N–H and O–H groups in total. The predicted molar refractivity (Wildman–Crippen MR) is 73.3 cm³/mol. The molecule has 20 heavy (non-hydrogen) atoms. The van der Waals surface area contributed by atoms with Crippen molar-refractivity contribution in [2.24, 2.45) is 0 Å². The van der Waals surface area contributed by atoms with Gasteiger partial charge in [0.05, 0.1) is 19.3 Å². The van der Waals surface area contributed by atoms with E-state index >= 15 is 0 Å². The molecule has 0 unspecified atom stereocenters. The molecule has 0 saturated carbocycles. The van der Waals surface area contributed by atoms with Crippen molar-refractivity contribution in [2.45, 2.75) is 6.61 Å². The third-order valence-electron chi connectivity index (χ3n) is 2.86. The van der Waals surface area contributed by atoms with Gasteiger partial charge >= 0.3 is 0 Å². The van der Waals surface area contributed by atoms with E-state index in [1.54, 1.807) is 24.3 Å². The van der Waals surface area contributed by atoms with E-state index in [-0.39, 0.29) is 12.2 Å². The summed E-state index contributed by atoms with van der Waals surface area (Å²) in [7, 11) is 1.42. The highest BCUT2D eigenvalue weighted by Gasteiger charge is 2.14. The fourth-order valence-electron chi connectivity index (χ4n) is 1.78. The van der Waals surface area contributed by atoms with Crippen LogP contribution >= 0.6 is 0 Å². The topological polar surface area (TPSA) is 58.6 Å². The number of anilines is 1. The molecule has 0 saturated heterocycles. The average molecular weight is 275 g/mol. The summed E-state index contributed by atoms with van der Waals surface area (Å²) in [5, 5.41) is 11.8. The Morgan fingerprint density at radius 2 is 2.05 bits per heavy atom. The van der Waals surface area contributed by atoms with Crippen molar-refractivity contribution in [3.05, 3.63) is 59.4 Å². The van der Waals surface area contributed by atoms with Gasteiger partial charge in [-0.05, 0) is 18.2 Å². The molecular weight excluding hydrogens is 261 g/mol. The van der Waals surface area contributed by atoms with Gasteiger partial charge in [0.15, 0.2) is 0 Å². The lowest BCUT2D eigenvalue weighted by atomic mass is 10.1. The molecule has 0 aromatic heterocycles. The Morgan fingerprint density at radius 1 is 1.30 bits per heavy atom. The van der Waals surface area contributed by atoms with Crippen LogP contribution in [0.1, 0.15) is 15.9 Å². The van der Waals surface area contributed by atoms with E-state index in [9.17, 15) is 14.3 Å². The number of nitrogens with one attached hydrogen (secondary N) is 1. The number of ether oxygens (including phenoxy) is 1. The Morgan fingerprint density at radius 3 is 2.70 bits per heavy atom. The minimum Gasteiger partial charge on any atom is -0.497 e. The first kappa shape index (κ1) is 14.0. The highest BCUT2D eigenvalue weighted by atomic mass is 19.1. The maximum Gasteiger partial charge on any atom is 0.258 e. The summed E-state index contributed by atoms with van der Waals surface area (Å²) < 4.78 is 18.7. The summed E-state index contributed by atoms with van der Waals surface area (Å²) in [6.07, 6.45) is 0. The number of rotatable bonds is 4. The van der Waals surface area contributed by atoms with Crippen LogP contribution in [0, 0.1) is 5.82 Å². The standard InChI is InChI=1S/C15H14FNO3/c1-20-11-6-7-12(13(16)8-11)15(19)17-14-5-3-2-4-10(14)9-18/h2-8,18H,9H2,1H3,(H,17,19). The van der Waals surface area contributed by atoms with Gasteiger partial charge in [0.25, 0.3) is 5.91 Å². The Labute approximate surface area is 115 Å². The summed E-state index contributed by atoms with van der Waals surface area (Å²) in [6, 6.07) is 10.8. The van der Waals surface area contributed by atoms with Crippen molar-refractivity contribution < 1.29 is 19.0 Å². The van der Waals surface area contributed by atoms with Gasteiger partial charge in [-0.3, -0.25) is 4.79 Å². The second kappa shape index (κ2) is 6.16. The summed E-state index contributed by atoms with van der Waals surface area (Å²) >= 11 is 0. The van der Waals surface area contributed by atoms with Gasteiger partial charge in [0.2, 0.25) is 0 Å². The summed E-state index contributed by atoms with van der Waals surface area (Å²) in [5.74, 6) is -0.899. The van der Waals surface area contributed by atoms with Gasteiger partial charge < -0.3 is 15.2 Å². The molecule has 0 spiro atoms. The lowest BCUT2D eigenvalue weighted by Crippen LogP contribution is -2.15. The molecule has 0 heterocycles. The van der Waals surface area contributed by atoms with Gasteiger partial charge in [0, 0.05) is 17.3 Å². The van der Waals surface area contributed by atoms with Crippen LogP contribution in [0.3, 0.4) is 0 Å². The van der Waals surface area contributed by atoms with Crippen LogP contribution < -0.4 is 10.1 Å². The SMILES string of the molecule is COc1ccc(C(=O)Nc2ccccc2CO)c(F)c1. The lowest BCUT2D eigenvalue weighted by molar-refractivity contribution is 0.102. The molecule has 0 radical (unpaired) electrons. The zero-order chi connectivity index (χ0) is 14.5. The van der Waals surface area contributed by atoms with E-state index in [2.05, 4.69) is 5.32 Å². The Kier molecular flexibility index (Phi) is 4.32. The molecule has 0 bridgehead atoms. The molecule has 1 amide bonds. The van der Waals surface area contributed by atoms with E-state index in [0.29, 0.717) is 17.0 Å². The van der Waals surface area contributed by atoms with E-state index in [1.807, 2.05) is 0 Å². The minimum atomic E-state index is -0.664. The second-order valence-corrected chi connectivity index (χ2v) is 4.12. The first-order chi connectivity index (χ1) is 9.65. The van der Waals surface area contributed by atoms with E-state index < -0.39 is 11.7 Å². The normalized spacial score (nSPS) is 10.2. The number of aliphatic hydroxyl groups is 1. The summed E-state index contributed by atoms with van der Waals surface area (Å²) in [5.41, 5.74) is 0.934. The smallest absolute Gasteiger partial charge is 0.258 e. The summed E-state index contributed by atoms with van der Waals surface area (Å²) in [6.45, 7) is -0.207. The van der Waals surface area contributed by atoms with Crippen LogP contribution in [0.25, 0.3) is 0 Å². The molecule has 0 aliphatic carbocycles. The fourth-order valence-corrected chi connectivity index (χ4v) is 1.78. The second-order valence-electron chi connectivity index (χ2n) is 4.12. The third-order valence-corrected chi connectivity index (χ3v) is 2.86. The van der Waals surface area contributed by atoms with Crippen LogP contribution in [-0.2, 0) is 6.61 Å². The van der Waals surface area contributed by atoms with Gasteiger partial charge in [-0.25, -0.2) is 4.39 Å². The Hall–Kier alpha value is -2.40. The van der Waals surface area contributed by atoms with Gasteiger partial charge in [0.1, 0.15) is 11.6 Å². The highest BCUT2D eigenvalue weighted by molar-refractivity contribution is 6.04. The monoisotopic (exact) mass is 275 g/mol. The zero-order valence-electron chi connectivity index (χ0n) is 10.9. The number of carbonyl (C=O) groups excluding carboxylic acids is 1. The highest BCUT2D eigenvalue weighted by Crippen LogP contribution is 2.19. The summed E-state index contributed by atoms with van der Waals surface area (Å²) in [4.78, 5) is 12.0. The molecular formula is C15H14FNO3. The largest absolute Gasteiger partial charge is 0.497 e. The lowest BCUT2D eigenvalue weighted by Gasteiger charge is -2.10. The van der Waals surface area contributed by atoms with Crippen LogP contribution in [0.4, 0.5) is 10.1 Å². The van der Waals surface area contributed by atoms with Crippen molar-refractivity contribution in [3.63, 3.8) is 0 Å². The van der Waals surface area contributed by atoms with Gasteiger partial charge in [-0.15, -0.1) is 0 Å². The van der Waals surface area contributed by atoms with Gasteiger partial charge in [-0.1, -0.05) is 18.2 Å². The van der Waals surface area contributed by atoms with E-state index in [4.69, 9.17) is 4.74 Å². The van der Waals surface area contributed by atoms with Crippen LogP contribution in [0.2, 0.25) is 0 Å². The molecule has 104 valence electrons. The van der Waals surface area contributed by atoms with Crippen molar-refractivity contribution in [1.29, 1.82) is 0 Å². The number of para-hydroxylation sites is 1. The number of hydrogen-bond donors (Lipinski definition) is 2. The van der Waals surface area contributed by atoms with Crippen molar-refractivity contribution in [2.75, 3.05) is 12.4 Å². The average Bonchev–Trinajstić information content (AvgIpc) is 2.47. The van der Waals surface area contributed by atoms with Crippen LogP contribution in [0.15, 0.2) is 42.5 Å². The fraction of sp³-hybridized carbons (Fsp3) is 0.133. The molecule has 0 aliphatic rings. The Balaban J connectivity index is 2.24. The predicted octanol–water partition coefficient (Wildman–Crippen LogP) is 2.58. The minimum absolute atomic E-state index is 0.0847. The molecule has 5 heteroatoms. The number of amides is 1. The van der Waals surface area contributed by atoms with E-state index in [0.717, 1.165) is 6.07 Å². The molecule has 4 nitrogen and oxygen atoms in total. The third kappa shape index (κ3) is 2.95. The molecule has 0 fully saturated rings. The number of hydrogen-bond acceptors (Lipinski definition) is 3. The Bertz CT molecular complexity index is 628. The zero-order valence-corrected chi connectivity index (χ0v) is 10.9.